The first-order chi connectivity index (χ1) is 11.3. The number of ketones is 1. The number of carbonyl (C=O) groups is 2. The number of Topliss-reactive ketones (excluding diaryl/α,β-unsaturated/α-hetero) is 1. The lowest BCUT2D eigenvalue weighted by atomic mass is 10.0. The van der Waals surface area contributed by atoms with E-state index in [2.05, 4.69) is 0 Å². The van der Waals surface area contributed by atoms with E-state index in [-0.39, 0.29) is 28.7 Å². The van der Waals surface area contributed by atoms with Crippen LogP contribution in [0.5, 0.6) is 11.5 Å². The lowest BCUT2D eigenvalue weighted by Crippen LogP contribution is -2.38. The highest BCUT2D eigenvalue weighted by atomic mass is 16.5. The van der Waals surface area contributed by atoms with Gasteiger partial charge < -0.3 is 19.5 Å². The van der Waals surface area contributed by atoms with E-state index in [1.807, 2.05) is 20.8 Å². The van der Waals surface area contributed by atoms with Gasteiger partial charge in [-0.3, -0.25) is 9.59 Å². The van der Waals surface area contributed by atoms with E-state index in [4.69, 9.17) is 9.47 Å². The minimum Gasteiger partial charge on any atom is -0.506 e. The number of hydrogen-bond acceptors (Lipinski definition) is 5. The molecule has 6 heteroatoms. The number of likely N-dealkylation sites (tertiary alicyclic amines) is 1. The topological polar surface area (TPSA) is 76.1 Å². The molecule has 6 nitrogen and oxygen atoms in total. The van der Waals surface area contributed by atoms with Crippen molar-refractivity contribution in [3.05, 3.63) is 29.3 Å². The third-order valence-corrected chi connectivity index (χ3v) is 4.02. The maximum atomic E-state index is 12.6. The van der Waals surface area contributed by atoms with Crippen LogP contribution in [0.3, 0.4) is 0 Å². The molecule has 0 aromatic heterocycles. The molecule has 1 aliphatic heterocycles. The van der Waals surface area contributed by atoms with Crippen molar-refractivity contribution in [1.29, 1.82) is 0 Å². The molecule has 0 spiro atoms. The zero-order chi connectivity index (χ0) is 18.0. The summed E-state index contributed by atoms with van der Waals surface area (Å²) in [5, 5.41) is 10.6. The smallest absolute Gasteiger partial charge is 0.262 e. The van der Waals surface area contributed by atoms with Crippen molar-refractivity contribution in [3.63, 3.8) is 0 Å². The van der Waals surface area contributed by atoms with Gasteiger partial charge in [-0.25, -0.2) is 0 Å². The summed E-state index contributed by atoms with van der Waals surface area (Å²) >= 11 is 0. The number of ether oxygens (including phenoxy) is 2. The Morgan fingerprint density at radius 1 is 1.33 bits per heavy atom. The summed E-state index contributed by atoms with van der Waals surface area (Å²) in [5.74, 6) is -0.294. The molecule has 24 heavy (non-hydrogen) atoms. The fraction of sp³-hybridized carbons (Fsp3) is 0.444. The Labute approximate surface area is 141 Å². The first kappa shape index (κ1) is 17.8. The van der Waals surface area contributed by atoms with Crippen molar-refractivity contribution in [2.45, 2.75) is 39.8 Å². The van der Waals surface area contributed by atoms with Crippen LogP contribution >= 0.6 is 0 Å². The number of carbonyl (C=O) groups excluding carboxylic acids is 2. The van der Waals surface area contributed by atoms with Gasteiger partial charge in [-0.2, -0.15) is 0 Å². The Balaban J connectivity index is 2.54. The van der Waals surface area contributed by atoms with Crippen LogP contribution in [0.1, 0.15) is 33.3 Å². The van der Waals surface area contributed by atoms with Gasteiger partial charge in [-0.05, 0) is 39.8 Å². The van der Waals surface area contributed by atoms with Gasteiger partial charge in [0, 0.05) is 12.1 Å². The zero-order valence-electron chi connectivity index (χ0n) is 14.6. The summed E-state index contributed by atoms with van der Waals surface area (Å²) in [7, 11) is 1.45. The predicted octanol–water partition coefficient (Wildman–Crippen LogP) is 2.57. The molecule has 130 valence electrons. The number of benzene rings is 1. The summed E-state index contributed by atoms with van der Waals surface area (Å²) in [5.41, 5.74) is 0.0918. The Hall–Kier alpha value is -2.50. The molecule has 1 saturated heterocycles. The molecule has 1 aromatic carbocycles. The molecule has 1 N–H and O–H groups in total. The lowest BCUT2D eigenvalue weighted by molar-refractivity contribution is -0.128. The molecular weight excluding hydrogens is 310 g/mol. The maximum absolute atomic E-state index is 12.6. The van der Waals surface area contributed by atoms with Gasteiger partial charge >= 0.3 is 0 Å². The molecule has 2 rings (SSSR count). The average molecular weight is 333 g/mol. The second-order valence-electron chi connectivity index (χ2n) is 5.87. The van der Waals surface area contributed by atoms with E-state index < -0.39 is 11.9 Å². The lowest BCUT2D eigenvalue weighted by Gasteiger charge is -2.23. The Morgan fingerprint density at radius 3 is 2.50 bits per heavy atom. The predicted molar refractivity (Wildman–Crippen MR) is 90.2 cm³/mol. The van der Waals surface area contributed by atoms with Crippen molar-refractivity contribution in [2.24, 2.45) is 0 Å². The van der Waals surface area contributed by atoms with Gasteiger partial charge in [-0.15, -0.1) is 0 Å². The van der Waals surface area contributed by atoms with Gasteiger partial charge in [0.1, 0.15) is 22.8 Å². The quantitative estimate of drug-likeness (QED) is 0.509. The van der Waals surface area contributed by atoms with E-state index in [9.17, 15) is 14.7 Å². The van der Waals surface area contributed by atoms with Crippen molar-refractivity contribution >= 4 is 17.4 Å². The van der Waals surface area contributed by atoms with Gasteiger partial charge in [0.15, 0.2) is 5.78 Å². The molecule has 1 aliphatic rings. The molecule has 1 amide bonds. The average Bonchev–Trinajstić information content (AvgIpc) is 2.76. The SMILES string of the molecule is CCOc1ccc(/C(O)=C2\C(=O)C(C)N(C(C)C)C2=O)c(OC)c1. The molecule has 0 radical (unpaired) electrons. The number of aliphatic hydroxyl groups is 1. The third-order valence-electron chi connectivity index (χ3n) is 4.02. The highest BCUT2D eigenvalue weighted by molar-refractivity contribution is 6.30. The largest absolute Gasteiger partial charge is 0.506 e. The second-order valence-corrected chi connectivity index (χ2v) is 5.87. The summed E-state index contributed by atoms with van der Waals surface area (Å²) in [4.78, 5) is 26.5. The first-order valence-electron chi connectivity index (χ1n) is 7.94. The van der Waals surface area contributed by atoms with E-state index in [0.29, 0.717) is 18.1 Å². The molecule has 0 saturated carbocycles. The molecule has 1 atom stereocenters. The number of aliphatic hydroxyl groups excluding tert-OH is 1. The Morgan fingerprint density at radius 2 is 2.00 bits per heavy atom. The highest BCUT2D eigenvalue weighted by Gasteiger charge is 2.44. The van der Waals surface area contributed by atoms with Crippen LogP contribution in [-0.2, 0) is 9.59 Å². The summed E-state index contributed by atoms with van der Waals surface area (Å²) < 4.78 is 10.7. The van der Waals surface area contributed by atoms with Crippen LogP contribution in [0.2, 0.25) is 0 Å². The highest BCUT2D eigenvalue weighted by Crippen LogP contribution is 2.34. The summed E-state index contributed by atoms with van der Waals surface area (Å²) in [6.45, 7) is 7.68. The van der Waals surface area contributed by atoms with Gasteiger partial charge in [0.05, 0.1) is 25.3 Å². The monoisotopic (exact) mass is 333 g/mol. The van der Waals surface area contributed by atoms with Crippen LogP contribution in [0, 0.1) is 0 Å². The summed E-state index contributed by atoms with van der Waals surface area (Å²) in [6, 6.07) is 4.12. The van der Waals surface area contributed by atoms with Crippen molar-refractivity contribution in [3.8, 4) is 11.5 Å². The van der Waals surface area contributed by atoms with Crippen molar-refractivity contribution in [2.75, 3.05) is 13.7 Å². The molecule has 0 aliphatic carbocycles. The van der Waals surface area contributed by atoms with E-state index >= 15 is 0 Å². The van der Waals surface area contributed by atoms with E-state index in [1.54, 1.807) is 25.1 Å². The van der Waals surface area contributed by atoms with Crippen LogP contribution in [0.4, 0.5) is 0 Å². The normalized spacial score (nSPS) is 19.9. The molecule has 1 heterocycles. The minimum atomic E-state index is -0.594. The molecular formula is C18H23NO5. The fourth-order valence-corrected chi connectivity index (χ4v) is 2.90. The minimum absolute atomic E-state index is 0.135. The van der Waals surface area contributed by atoms with E-state index in [0.717, 1.165) is 0 Å². The molecule has 1 unspecified atom stereocenters. The first-order valence-corrected chi connectivity index (χ1v) is 7.94. The van der Waals surface area contributed by atoms with Gasteiger partial charge in [0.25, 0.3) is 5.91 Å². The van der Waals surface area contributed by atoms with Crippen LogP contribution < -0.4 is 9.47 Å². The van der Waals surface area contributed by atoms with Crippen molar-refractivity contribution < 1.29 is 24.2 Å². The van der Waals surface area contributed by atoms with Gasteiger partial charge in [-0.1, -0.05) is 0 Å². The zero-order valence-corrected chi connectivity index (χ0v) is 14.6. The molecule has 0 bridgehead atoms. The number of rotatable bonds is 5. The third kappa shape index (κ3) is 2.96. The van der Waals surface area contributed by atoms with Gasteiger partial charge in [0.2, 0.25) is 0 Å². The standard InChI is InChI=1S/C18H23NO5/c1-6-24-12-7-8-13(14(9-12)23-5)17(21)15-16(20)11(4)19(10(2)3)18(15)22/h7-11,21H,6H2,1-5H3/b17-15-. The van der Waals surface area contributed by atoms with Crippen LogP contribution in [-0.4, -0.2) is 47.5 Å². The number of nitrogens with zero attached hydrogens (tertiary/aromatic N) is 1. The van der Waals surface area contributed by atoms with Crippen LogP contribution in [0.25, 0.3) is 5.76 Å². The molecule has 1 aromatic rings. The van der Waals surface area contributed by atoms with Crippen LogP contribution in [0.15, 0.2) is 23.8 Å². The number of methoxy groups -OCH3 is 1. The Bertz CT molecular complexity index is 693. The maximum Gasteiger partial charge on any atom is 0.262 e. The summed E-state index contributed by atoms with van der Waals surface area (Å²) in [6.07, 6.45) is 0. The number of amides is 1. The second kappa shape index (κ2) is 6.95. The number of hydrogen-bond donors (Lipinski definition) is 1. The van der Waals surface area contributed by atoms with E-state index in [1.165, 1.54) is 12.0 Å². The Kier molecular flexibility index (Phi) is 5.17. The molecule has 1 fully saturated rings. The fourth-order valence-electron chi connectivity index (χ4n) is 2.90. The van der Waals surface area contributed by atoms with Crippen molar-refractivity contribution in [1.82, 2.24) is 4.90 Å².